The van der Waals surface area contributed by atoms with Crippen molar-refractivity contribution >= 4 is 35.3 Å². The molecule has 6 atom stereocenters. The second kappa shape index (κ2) is 38.3. The van der Waals surface area contributed by atoms with Crippen LogP contribution in [0.25, 0.3) is 11.1 Å². The van der Waals surface area contributed by atoms with Crippen LogP contribution in [0.2, 0.25) is 0 Å². The summed E-state index contributed by atoms with van der Waals surface area (Å²) in [5, 5.41) is 40.5. The largest absolute Gasteiger partial charge is 0.484 e. The van der Waals surface area contributed by atoms with Crippen LogP contribution in [-0.2, 0) is 57.1 Å². The topological polar surface area (TPSA) is 335 Å². The Hall–Kier alpha value is -5.22. The fourth-order valence-electron chi connectivity index (χ4n) is 6.88. The van der Waals surface area contributed by atoms with E-state index >= 15 is 0 Å². The lowest BCUT2D eigenvalue weighted by Crippen LogP contribution is -2.57. The molecule has 0 aromatic heterocycles. The summed E-state index contributed by atoms with van der Waals surface area (Å²) in [6.45, 7) is 7.49. The summed E-state index contributed by atoms with van der Waals surface area (Å²) >= 11 is 0. The molecule has 5 amide bonds. The Morgan fingerprint density at radius 1 is 0.608 bits per heavy atom. The first-order valence-corrected chi connectivity index (χ1v) is 25.2. The normalized spacial score (nSPS) is 17.7. The molecule has 1 fully saturated rings. The van der Waals surface area contributed by atoms with E-state index in [0.29, 0.717) is 90.0 Å². The van der Waals surface area contributed by atoms with E-state index in [1.807, 2.05) is 18.2 Å². The number of Topliss-reactive ketones (excluding diaryl/α,β-unsaturated/α-hetero) is 1. The van der Waals surface area contributed by atoms with Crippen LogP contribution in [0.4, 0.5) is 0 Å². The Morgan fingerprint density at radius 2 is 1.19 bits per heavy atom. The fourth-order valence-corrected chi connectivity index (χ4v) is 6.88. The summed E-state index contributed by atoms with van der Waals surface area (Å²) in [5.41, 5.74) is 12.9. The summed E-state index contributed by atoms with van der Waals surface area (Å²) in [7, 11) is 0. The summed E-state index contributed by atoms with van der Waals surface area (Å²) in [6, 6.07) is 13.7. The summed E-state index contributed by atoms with van der Waals surface area (Å²) in [6.07, 6.45) is -2.85. The Kier molecular flexibility index (Phi) is 32.7. The lowest BCUT2D eigenvalue weighted by Gasteiger charge is -2.38. The smallest absolute Gasteiger partial charge is 0.258 e. The molecule has 24 nitrogen and oxygen atoms in total. The fraction of sp³-hybridized carbons (Fsp3) is 0.640. The van der Waals surface area contributed by atoms with Gasteiger partial charge in [0.05, 0.1) is 84.8 Å². The molecule has 0 aliphatic carbocycles. The average Bonchev–Trinajstić information content (AvgIpc) is 3.39. The number of carbonyl (C=O) groups excluding carboxylic acids is 6. The van der Waals surface area contributed by atoms with Crippen LogP contribution in [0.5, 0.6) is 5.75 Å². The lowest BCUT2D eigenvalue weighted by molar-refractivity contribution is -0.294. The zero-order valence-corrected chi connectivity index (χ0v) is 42.7. The van der Waals surface area contributed by atoms with Crippen LogP contribution in [0, 0.1) is 0 Å². The molecule has 1 aliphatic heterocycles. The second-order valence-electron chi connectivity index (χ2n) is 17.1. The van der Waals surface area contributed by atoms with Crippen LogP contribution in [0.3, 0.4) is 0 Å². The molecular weight excluding hydrogens is 971 g/mol. The zero-order chi connectivity index (χ0) is 53.8. The van der Waals surface area contributed by atoms with Gasteiger partial charge in [0.2, 0.25) is 17.7 Å². The highest BCUT2D eigenvalue weighted by Gasteiger charge is 2.42. The quantitative estimate of drug-likeness (QED) is 0.0282. The predicted molar refractivity (Wildman–Crippen MR) is 268 cm³/mol. The molecule has 24 heteroatoms. The van der Waals surface area contributed by atoms with Gasteiger partial charge in [0.1, 0.15) is 29.8 Å². The van der Waals surface area contributed by atoms with Gasteiger partial charge in [-0.1, -0.05) is 30.7 Å². The van der Waals surface area contributed by atoms with Gasteiger partial charge in [0.15, 0.2) is 12.9 Å². The molecule has 74 heavy (non-hydrogen) atoms. The molecule has 0 bridgehead atoms. The zero-order valence-electron chi connectivity index (χ0n) is 42.7. The number of hydrazine groups is 1. The highest BCUT2D eigenvalue weighted by molar-refractivity contribution is 5.95. The van der Waals surface area contributed by atoms with E-state index in [2.05, 4.69) is 32.1 Å². The molecule has 2 aromatic rings. The first kappa shape index (κ1) is 63.1. The van der Waals surface area contributed by atoms with Crippen molar-refractivity contribution in [1.82, 2.24) is 32.1 Å². The minimum absolute atomic E-state index is 0.0815. The number of aliphatic hydroxyl groups excluding tert-OH is 3. The second-order valence-corrected chi connectivity index (χ2v) is 17.1. The van der Waals surface area contributed by atoms with E-state index < -0.39 is 36.7 Å². The van der Waals surface area contributed by atoms with E-state index in [0.717, 1.165) is 24.0 Å². The van der Waals surface area contributed by atoms with Crippen molar-refractivity contribution in [2.45, 2.75) is 95.5 Å². The summed E-state index contributed by atoms with van der Waals surface area (Å²) < 4.78 is 43.6. The Bertz CT molecular complexity index is 1930. The van der Waals surface area contributed by atoms with E-state index in [9.17, 15) is 44.1 Å². The van der Waals surface area contributed by atoms with Gasteiger partial charge >= 0.3 is 0 Å². The third-order valence-electron chi connectivity index (χ3n) is 11.1. The maximum absolute atomic E-state index is 12.8. The van der Waals surface area contributed by atoms with Crippen molar-refractivity contribution in [3.63, 3.8) is 0 Å². The molecule has 0 spiro atoms. The first-order chi connectivity index (χ1) is 35.8. The third kappa shape index (κ3) is 27.4. The number of amides is 5. The predicted octanol–water partition coefficient (Wildman–Crippen LogP) is -0.994. The number of nitrogens with one attached hydrogen (secondary N) is 6. The molecular formula is C50H79N7O17. The molecule has 0 saturated carbocycles. The number of hydrogen-bond acceptors (Lipinski definition) is 19. The highest BCUT2D eigenvalue weighted by Crippen LogP contribution is 2.24. The number of hydrogen-bond donors (Lipinski definition) is 10. The van der Waals surface area contributed by atoms with Crippen molar-refractivity contribution in [2.24, 2.45) is 5.73 Å². The number of aliphatic hydroxyl groups is 3. The number of nitrogens with two attached hydrogens (primary N) is 1. The molecule has 11 N–H and O–H groups in total. The number of rotatable bonds is 41. The molecule has 0 unspecified atom stereocenters. The standard InChI is InChI=1S/C50H79N7O17/c1-35(58)41(9-3-4-17-51)56-57-44(61)11-6-10-42(59)52-18-19-55-49(66)39-8-5-7-38(33-39)37-12-14-40(15-13-37)73-34-45(62)54-21-24-68-26-28-71-30-29-70-27-25-67-22-16-43(60)53-20-23-69-31-32-72-50-48(65)47(64)46(63)36(2)74-50/h5,7-8,12-15,33,36,41,46-48,50,56,63-65H,3-4,6,9-11,16-32,34,51H2,1-2H3,(H,52,59)(H,53,60)(H,54,62)(H,55,66)(H,57,61)/t36-,41-,46-,47+,48+,50+/m0/s1. The number of carbonyl (C=O) groups is 6. The SMILES string of the molecule is CC(=O)[C@H](CCCCN)NNC(=O)CCCC(=O)NCCNC(=O)c1cccc(-c2ccc(OCC(=O)NCCOCCOCCOCCOCCC(=O)NCCOCCO[C@@H]3O[C@@H](C)[C@H](O)[C@@H](O)[C@H]3O)cc2)c1. The van der Waals surface area contributed by atoms with Crippen molar-refractivity contribution in [2.75, 3.05) is 112 Å². The number of ketones is 1. The average molecular weight is 1050 g/mol. The third-order valence-corrected chi connectivity index (χ3v) is 11.1. The summed E-state index contributed by atoms with van der Waals surface area (Å²) in [4.78, 5) is 73.3. The molecule has 2 aromatic carbocycles. The van der Waals surface area contributed by atoms with Crippen LogP contribution >= 0.6 is 0 Å². The van der Waals surface area contributed by atoms with Gasteiger partial charge in [-0.25, -0.2) is 5.43 Å². The van der Waals surface area contributed by atoms with E-state index in [-0.39, 0.29) is 101 Å². The molecule has 1 saturated heterocycles. The molecule has 1 heterocycles. The Balaban J connectivity index is 1.10. The van der Waals surface area contributed by atoms with Gasteiger partial charge in [-0.05, 0) is 75.0 Å². The van der Waals surface area contributed by atoms with Gasteiger partial charge in [-0.3, -0.25) is 34.2 Å². The van der Waals surface area contributed by atoms with Crippen molar-refractivity contribution in [3.8, 4) is 16.9 Å². The minimum Gasteiger partial charge on any atom is -0.484 e. The maximum Gasteiger partial charge on any atom is 0.258 e. The van der Waals surface area contributed by atoms with Gasteiger partial charge in [0, 0.05) is 51.0 Å². The Labute approximate surface area is 432 Å². The van der Waals surface area contributed by atoms with Crippen LogP contribution in [0.1, 0.15) is 69.2 Å². The molecule has 3 rings (SSSR count). The summed E-state index contributed by atoms with van der Waals surface area (Å²) in [5.74, 6) is -0.955. The van der Waals surface area contributed by atoms with Gasteiger partial charge < -0.3 is 80.2 Å². The van der Waals surface area contributed by atoms with E-state index in [1.54, 1.807) is 37.3 Å². The van der Waals surface area contributed by atoms with Crippen molar-refractivity contribution < 1.29 is 82.0 Å². The van der Waals surface area contributed by atoms with Gasteiger partial charge in [0.25, 0.3) is 11.8 Å². The van der Waals surface area contributed by atoms with Crippen molar-refractivity contribution in [1.29, 1.82) is 0 Å². The van der Waals surface area contributed by atoms with E-state index in [1.165, 1.54) is 6.92 Å². The monoisotopic (exact) mass is 1050 g/mol. The van der Waals surface area contributed by atoms with Gasteiger partial charge in [-0.2, -0.15) is 0 Å². The molecule has 416 valence electrons. The first-order valence-electron chi connectivity index (χ1n) is 25.2. The lowest BCUT2D eigenvalue weighted by atomic mass is 10.0. The highest BCUT2D eigenvalue weighted by atomic mass is 16.7. The van der Waals surface area contributed by atoms with E-state index in [4.69, 9.17) is 43.6 Å². The maximum atomic E-state index is 12.8. The van der Waals surface area contributed by atoms with Gasteiger partial charge in [-0.15, -0.1) is 0 Å². The van der Waals surface area contributed by atoms with Crippen LogP contribution in [-0.4, -0.2) is 199 Å². The number of unbranched alkanes of at least 4 members (excludes halogenated alkanes) is 1. The minimum atomic E-state index is -1.38. The number of benzene rings is 2. The van der Waals surface area contributed by atoms with Crippen LogP contribution < -0.4 is 42.6 Å². The van der Waals surface area contributed by atoms with Crippen molar-refractivity contribution in [3.05, 3.63) is 54.1 Å². The van der Waals surface area contributed by atoms with Crippen LogP contribution in [0.15, 0.2) is 48.5 Å². The molecule has 1 aliphatic rings. The Morgan fingerprint density at radius 3 is 1.85 bits per heavy atom. The molecule has 0 radical (unpaired) electrons. The number of ether oxygens (including phenoxy) is 8.